The molecule has 0 radical (unpaired) electrons. The molecule has 2 aromatic carbocycles. The number of esters is 2. The third kappa shape index (κ3) is 6.89. The highest BCUT2D eigenvalue weighted by atomic mass is 127. The minimum absolute atomic E-state index is 0.116. The van der Waals surface area contributed by atoms with E-state index in [4.69, 9.17) is 18.9 Å². The highest BCUT2D eigenvalue weighted by molar-refractivity contribution is 14.1. The standard InChI is InChI=1S/C30H31IN2O7S/c1-6-37-25(34)16-39-23-13-12-19(14-21(23)31)15-24-28(35)33-27(20-10-8-9-11-22(20)40-17(3)4)26(29(36)38-7-2)18(5)32-30(33)41-24/h8-15,17,27H,6-7,16H2,1-5H3/b24-15+/t27-/m0/s1. The van der Waals surface area contributed by atoms with Gasteiger partial charge in [-0.05, 0) is 87.0 Å². The summed E-state index contributed by atoms with van der Waals surface area (Å²) in [6, 6.07) is 12.0. The first-order valence-electron chi connectivity index (χ1n) is 13.2. The predicted octanol–water partition coefficient (Wildman–Crippen LogP) is 4.13. The van der Waals surface area contributed by atoms with E-state index in [0.29, 0.717) is 37.7 Å². The van der Waals surface area contributed by atoms with Crippen LogP contribution in [0, 0.1) is 3.57 Å². The van der Waals surface area contributed by atoms with Gasteiger partial charge in [-0.3, -0.25) is 9.36 Å². The van der Waals surface area contributed by atoms with Gasteiger partial charge in [-0.2, -0.15) is 0 Å². The van der Waals surface area contributed by atoms with Crippen LogP contribution in [0.15, 0.2) is 63.5 Å². The van der Waals surface area contributed by atoms with E-state index in [0.717, 1.165) is 9.13 Å². The molecular formula is C30H31IN2O7S. The topological polar surface area (TPSA) is 105 Å². The van der Waals surface area contributed by atoms with Crippen molar-refractivity contribution in [3.05, 3.63) is 88.1 Å². The molecule has 0 unspecified atom stereocenters. The van der Waals surface area contributed by atoms with Crippen LogP contribution < -0.4 is 24.4 Å². The van der Waals surface area contributed by atoms with Crippen molar-refractivity contribution in [2.45, 2.75) is 46.8 Å². The van der Waals surface area contributed by atoms with Gasteiger partial charge in [0.05, 0.1) is 38.7 Å². The van der Waals surface area contributed by atoms with Gasteiger partial charge in [0.1, 0.15) is 17.5 Å². The lowest BCUT2D eigenvalue weighted by atomic mass is 9.95. The van der Waals surface area contributed by atoms with E-state index >= 15 is 0 Å². The molecule has 11 heteroatoms. The van der Waals surface area contributed by atoms with E-state index in [1.807, 2.05) is 44.2 Å². The van der Waals surface area contributed by atoms with Gasteiger partial charge >= 0.3 is 11.9 Å². The number of nitrogens with zero attached hydrogens (tertiary/aromatic N) is 2. The van der Waals surface area contributed by atoms with Gasteiger partial charge in [-0.25, -0.2) is 14.6 Å². The predicted molar refractivity (Wildman–Crippen MR) is 164 cm³/mol. The zero-order valence-corrected chi connectivity index (χ0v) is 26.4. The fourth-order valence-electron chi connectivity index (χ4n) is 4.37. The molecule has 1 aromatic heterocycles. The molecule has 3 aromatic rings. The number of hydrogen-bond donors (Lipinski definition) is 0. The fraction of sp³-hybridized carbons (Fsp3) is 0.333. The van der Waals surface area contributed by atoms with Crippen molar-refractivity contribution in [2.24, 2.45) is 4.99 Å². The number of para-hydroxylation sites is 1. The number of benzene rings is 2. The Labute approximate surface area is 255 Å². The van der Waals surface area contributed by atoms with Gasteiger partial charge in [0.2, 0.25) is 0 Å². The van der Waals surface area contributed by atoms with Crippen LogP contribution in [0.1, 0.15) is 51.8 Å². The van der Waals surface area contributed by atoms with Crippen molar-refractivity contribution in [3.8, 4) is 11.5 Å². The highest BCUT2D eigenvalue weighted by Gasteiger charge is 2.35. The summed E-state index contributed by atoms with van der Waals surface area (Å²) < 4.78 is 24.7. The average Bonchev–Trinajstić information content (AvgIpc) is 3.21. The molecule has 216 valence electrons. The molecule has 0 aliphatic carbocycles. The first kappa shape index (κ1) is 30.5. The summed E-state index contributed by atoms with van der Waals surface area (Å²) in [6.07, 6.45) is 1.66. The summed E-state index contributed by atoms with van der Waals surface area (Å²) in [4.78, 5) is 43.9. The second-order valence-corrected chi connectivity index (χ2v) is 11.5. The maximum atomic E-state index is 13.9. The first-order chi connectivity index (χ1) is 19.6. The summed E-state index contributed by atoms with van der Waals surface area (Å²) >= 11 is 3.36. The molecule has 1 atom stereocenters. The molecule has 0 fully saturated rings. The number of rotatable bonds is 10. The number of carbonyl (C=O) groups excluding carboxylic acids is 2. The molecular weight excluding hydrogens is 659 g/mol. The molecule has 0 bridgehead atoms. The van der Waals surface area contributed by atoms with E-state index in [9.17, 15) is 14.4 Å². The van der Waals surface area contributed by atoms with Gasteiger partial charge in [-0.1, -0.05) is 35.6 Å². The molecule has 0 saturated carbocycles. The summed E-state index contributed by atoms with van der Waals surface area (Å²) in [5.74, 6) is 0.140. The van der Waals surface area contributed by atoms with Gasteiger partial charge in [0.15, 0.2) is 11.4 Å². The Hall–Kier alpha value is -3.45. The van der Waals surface area contributed by atoms with Crippen molar-refractivity contribution in [2.75, 3.05) is 19.8 Å². The Kier molecular flexibility index (Phi) is 10.0. The van der Waals surface area contributed by atoms with Crippen LogP contribution in [0.5, 0.6) is 11.5 Å². The van der Waals surface area contributed by atoms with Gasteiger partial charge in [0.25, 0.3) is 5.56 Å². The maximum Gasteiger partial charge on any atom is 0.344 e. The normalized spacial score (nSPS) is 14.9. The zero-order chi connectivity index (χ0) is 29.7. The largest absolute Gasteiger partial charge is 0.491 e. The molecule has 4 rings (SSSR count). The molecule has 0 saturated heterocycles. The minimum Gasteiger partial charge on any atom is -0.491 e. The molecule has 1 aliphatic rings. The van der Waals surface area contributed by atoms with Crippen LogP contribution in [0.3, 0.4) is 0 Å². The quantitative estimate of drug-likeness (QED) is 0.233. The number of allylic oxidation sites excluding steroid dienone is 1. The van der Waals surface area contributed by atoms with Crippen LogP contribution in [-0.4, -0.2) is 42.4 Å². The molecule has 0 N–H and O–H groups in total. The summed E-state index contributed by atoms with van der Waals surface area (Å²) in [5, 5.41) is 0. The van der Waals surface area contributed by atoms with Crippen molar-refractivity contribution >= 4 is 51.9 Å². The molecule has 0 spiro atoms. The van der Waals surface area contributed by atoms with Crippen molar-refractivity contribution in [1.29, 1.82) is 0 Å². The SMILES string of the molecule is CCOC(=O)COc1ccc(/C=c2/sc3n(c2=O)[C@@H](c2ccccc2OC(C)C)C(C(=O)OCC)=C(C)N=3)cc1I. The lowest BCUT2D eigenvalue weighted by molar-refractivity contribution is -0.145. The summed E-state index contributed by atoms with van der Waals surface area (Å²) in [7, 11) is 0. The summed E-state index contributed by atoms with van der Waals surface area (Å²) in [5.41, 5.74) is 1.93. The van der Waals surface area contributed by atoms with Crippen molar-refractivity contribution in [3.63, 3.8) is 0 Å². The first-order valence-corrected chi connectivity index (χ1v) is 15.1. The van der Waals surface area contributed by atoms with Crippen molar-refractivity contribution in [1.82, 2.24) is 4.57 Å². The van der Waals surface area contributed by atoms with E-state index in [1.54, 1.807) is 43.5 Å². The zero-order valence-electron chi connectivity index (χ0n) is 23.4. The minimum atomic E-state index is -0.777. The number of carbonyl (C=O) groups is 2. The Bertz CT molecular complexity index is 1670. The van der Waals surface area contributed by atoms with Gasteiger partial charge < -0.3 is 18.9 Å². The van der Waals surface area contributed by atoms with E-state index in [1.165, 1.54) is 11.3 Å². The molecule has 2 heterocycles. The third-order valence-electron chi connectivity index (χ3n) is 6.00. The van der Waals surface area contributed by atoms with E-state index < -0.39 is 18.0 Å². The van der Waals surface area contributed by atoms with Crippen LogP contribution in [0.25, 0.3) is 6.08 Å². The van der Waals surface area contributed by atoms with Crippen LogP contribution in [0.2, 0.25) is 0 Å². The molecule has 0 amide bonds. The second kappa shape index (κ2) is 13.5. The average molecular weight is 691 g/mol. The van der Waals surface area contributed by atoms with Crippen LogP contribution in [-0.2, 0) is 19.1 Å². The monoisotopic (exact) mass is 690 g/mol. The highest BCUT2D eigenvalue weighted by Crippen LogP contribution is 2.36. The number of hydrogen-bond acceptors (Lipinski definition) is 9. The van der Waals surface area contributed by atoms with E-state index in [-0.39, 0.29) is 31.5 Å². The lowest BCUT2D eigenvalue weighted by Gasteiger charge is -2.26. The molecule has 9 nitrogen and oxygen atoms in total. The number of ether oxygens (including phenoxy) is 4. The van der Waals surface area contributed by atoms with Crippen molar-refractivity contribution < 1.29 is 28.5 Å². The Morgan fingerprint density at radius 2 is 1.83 bits per heavy atom. The van der Waals surface area contributed by atoms with Gasteiger partial charge in [0, 0.05) is 5.56 Å². The Morgan fingerprint density at radius 3 is 2.51 bits per heavy atom. The van der Waals surface area contributed by atoms with E-state index in [2.05, 4.69) is 27.6 Å². The lowest BCUT2D eigenvalue weighted by Crippen LogP contribution is -2.40. The Morgan fingerprint density at radius 1 is 1.10 bits per heavy atom. The number of thiazole rings is 1. The summed E-state index contributed by atoms with van der Waals surface area (Å²) in [6.45, 7) is 9.35. The second-order valence-electron chi connectivity index (χ2n) is 9.29. The van der Waals surface area contributed by atoms with Crippen LogP contribution in [0.4, 0.5) is 0 Å². The molecule has 1 aliphatic heterocycles. The Balaban J connectivity index is 1.81. The van der Waals surface area contributed by atoms with Crippen LogP contribution >= 0.6 is 33.9 Å². The number of aromatic nitrogens is 1. The maximum absolute atomic E-state index is 13.9. The molecule has 41 heavy (non-hydrogen) atoms. The smallest absolute Gasteiger partial charge is 0.344 e. The number of halogens is 1. The number of fused-ring (bicyclic) bond motifs is 1. The third-order valence-corrected chi connectivity index (χ3v) is 7.82. The van der Waals surface area contributed by atoms with Gasteiger partial charge in [-0.15, -0.1) is 0 Å². The fourth-order valence-corrected chi connectivity index (χ4v) is 6.11.